The van der Waals surface area contributed by atoms with Crippen LogP contribution in [0.5, 0.6) is 0 Å². The molecule has 2 nitrogen and oxygen atoms in total. The molecule has 0 aliphatic heterocycles. The van der Waals surface area contributed by atoms with Gasteiger partial charge in [-0.15, -0.1) is 11.3 Å². The van der Waals surface area contributed by atoms with Gasteiger partial charge in [0, 0.05) is 37.8 Å². The van der Waals surface area contributed by atoms with Gasteiger partial charge >= 0.3 is 0 Å². The molecule has 0 saturated heterocycles. The Labute approximate surface area is 141 Å². The van der Waals surface area contributed by atoms with Crippen molar-refractivity contribution in [2.24, 2.45) is 5.73 Å². The molecule has 5 heteroatoms. The Balaban J connectivity index is 2.20. The lowest BCUT2D eigenvalue weighted by atomic mass is 9.99. The Morgan fingerprint density at radius 2 is 2.00 bits per heavy atom. The third kappa shape index (κ3) is 4.15. The van der Waals surface area contributed by atoms with Crippen molar-refractivity contribution in [1.29, 1.82) is 0 Å². The van der Waals surface area contributed by atoms with Crippen molar-refractivity contribution < 1.29 is 0 Å². The Hall–Kier alpha value is -0.200. The molecule has 0 aliphatic carbocycles. The Morgan fingerprint density at radius 1 is 1.25 bits per heavy atom. The van der Waals surface area contributed by atoms with E-state index in [1.807, 2.05) is 6.07 Å². The molecule has 0 spiro atoms. The van der Waals surface area contributed by atoms with E-state index in [9.17, 15) is 0 Å². The fraction of sp³-hybridized carbons (Fsp3) is 0.333. The minimum absolute atomic E-state index is 0.0673. The molecule has 2 atom stereocenters. The van der Waals surface area contributed by atoms with Gasteiger partial charge in [0.1, 0.15) is 0 Å². The van der Waals surface area contributed by atoms with Crippen LogP contribution in [0.15, 0.2) is 44.7 Å². The topological polar surface area (TPSA) is 29.3 Å². The quantitative estimate of drug-likeness (QED) is 0.757. The van der Waals surface area contributed by atoms with Gasteiger partial charge < -0.3 is 5.73 Å². The van der Waals surface area contributed by atoms with Crippen LogP contribution >= 0.6 is 43.2 Å². The largest absolute Gasteiger partial charge is 0.326 e. The van der Waals surface area contributed by atoms with Crippen LogP contribution in [0, 0.1) is 0 Å². The van der Waals surface area contributed by atoms with Gasteiger partial charge in [-0.05, 0) is 53.7 Å². The van der Waals surface area contributed by atoms with E-state index in [1.165, 1.54) is 10.4 Å². The number of benzene rings is 1. The van der Waals surface area contributed by atoms with Crippen molar-refractivity contribution in [3.8, 4) is 0 Å². The summed E-state index contributed by atoms with van der Waals surface area (Å²) in [5.74, 6) is 0. The maximum atomic E-state index is 6.22. The summed E-state index contributed by atoms with van der Waals surface area (Å²) in [6.45, 7) is 2.96. The van der Waals surface area contributed by atoms with Crippen LogP contribution < -0.4 is 5.73 Å². The van der Waals surface area contributed by atoms with E-state index in [0.29, 0.717) is 0 Å². The van der Waals surface area contributed by atoms with Gasteiger partial charge in [0.15, 0.2) is 0 Å². The Bertz CT molecular complexity index is 569. The second kappa shape index (κ2) is 7.18. The number of halogens is 2. The lowest BCUT2D eigenvalue weighted by Crippen LogP contribution is -2.36. The van der Waals surface area contributed by atoms with Crippen molar-refractivity contribution in [3.05, 3.63) is 55.1 Å². The molecular formula is C15H18Br2N2S. The van der Waals surface area contributed by atoms with Crippen LogP contribution in [0.2, 0.25) is 0 Å². The van der Waals surface area contributed by atoms with Crippen LogP contribution in [0.1, 0.15) is 23.4 Å². The second-order valence-corrected chi connectivity index (χ2v) is 7.83. The smallest absolute Gasteiger partial charge is 0.0497 e. The van der Waals surface area contributed by atoms with Crippen molar-refractivity contribution in [2.45, 2.75) is 25.6 Å². The fourth-order valence-corrected chi connectivity index (χ4v) is 4.36. The molecule has 108 valence electrons. The first-order valence-electron chi connectivity index (χ1n) is 6.41. The average Bonchev–Trinajstić information content (AvgIpc) is 2.74. The SMILES string of the molecule is CC(N)C(c1cccc(Br)c1)N(C)Cc1cc(Br)cs1. The summed E-state index contributed by atoms with van der Waals surface area (Å²) < 4.78 is 2.23. The molecule has 0 aliphatic rings. The van der Waals surface area contributed by atoms with Crippen LogP contribution in [-0.2, 0) is 6.54 Å². The molecule has 2 unspecified atom stereocenters. The Kier molecular flexibility index (Phi) is 5.81. The number of hydrogen-bond acceptors (Lipinski definition) is 3. The maximum Gasteiger partial charge on any atom is 0.0497 e. The number of rotatable bonds is 5. The van der Waals surface area contributed by atoms with Crippen molar-refractivity contribution in [1.82, 2.24) is 4.90 Å². The van der Waals surface area contributed by atoms with Gasteiger partial charge in [-0.1, -0.05) is 28.1 Å². The van der Waals surface area contributed by atoms with E-state index in [0.717, 1.165) is 15.5 Å². The molecule has 2 rings (SSSR count). The molecule has 0 saturated carbocycles. The summed E-state index contributed by atoms with van der Waals surface area (Å²) in [5, 5.41) is 2.11. The molecule has 1 heterocycles. The highest BCUT2D eigenvalue weighted by Gasteiger charge is 2.21. The van der Waals surface area contributed by atoms with Gasteiger partial charge in [0.25, 0.3) is 0 Å². The fourth-order valence-electron chi connectivity index (χ4n) is 2.43. The highest BCUT2D eigenvalue weighted by atomic mass is 79.9. The third-order valence-corrected chi connectivity index (χ3v) is 5.37. The standard InChI is InChI=1S/C15H18Br2N2S/c1-10(18)15(11-4-3-5-12(16)6-11)19(2)8-14-7-13(17)9-20-14/h3-7,9-10,15H,8,18H2,1-2H3. The van der Waals surface area contributed by atoms with Crippen LogP contribution in [0.3, 0.4) is 0 Å². The van der Waals surface area contributed by atoms with Gasteiger partial charge in [-0.2, -0.15) is 0 Å². The summed E-state index contributed by atoms with van der Waals surface area (Å²) in [6.07, 6.45) is 0. The summed E-state index contributed by atoms with van der Waals surface area (Å²) in [7, 11) is 2.13. The van der Waals surface area contributed by atoms with E-state index in [-0.39, 0.29) is 12.1 Å². The van der Waals surface area contributed by atoms with Crippen molar-refractivity contribution >= 4 is 43.2 Å². The van der Waals surface area contributed by atoms with E-state index >= 15 is 0 Å². The zero-order chi connectivity index (χ0) is 14.7. The third-order valence-electron chi connectivity index (χ3n) is 3.19. The minimum Gasteiger partial charge on any atom is -0.326 e. The van der Waals surface area contributed by atoms with E-state index in [4.69, 9.17) is 5.73 Å². The monoisotopic (exact) mass is 416 g/mol. The maximum absolute atomic E-state index is 6.22. The zero-order valence-electron chi connectivity index (χ0n) is 11.5. The summed E-state index contributed by atoms with van der Waals surface area (Å²) in [5.41, 5.74) is 7.46. The number of hydrogen-bond donors (Lipinski definition) is 1. The zero-order valence-corrected chi connectivity index (χ0v) is 15.5. The van der Waals surface area contributed by atoms with Gasteiger partial charge in [0.05, 0.1) is 0 Å². The normalized spacial score (nSPS) is 14.5. The van der Waals surface area contributed by atoms with E-state index in [2.05, 4.69) is 80.4 Å². The number of likely N-dealkylation sites (N-methyl/N-ethyl adjacent to an activating group) is 1. The first-order valence-corrected chi connectivity index (χ1v) is 8.88. The van der Waals surface area contributed by atoms with E-state index < -0.39 is 0 Å². The molecule has 0 fully saturated rings. The second-order valence-electron chi connectivity index (χ2n) is 5.01. The molecular weight excluding hydrogens is 400 g/mol. The highest BCUT2D eigenvalue weighted by molar-refractivity contribution is 9.10. The molecule has 1 aromatic heterocycles. The van der Waals surface area contributed by atoms with Gasteiger partial charge in [-0.3, -0.25) is 4.90 Å². The lowest BCUT2D eigenvalue weighted by Gasteiger charge is -2.31. The van der Waals surface area contributed by atoms with Crippen LogP contribution in [0.25, 0.3) is 0 Å². The number of thiophene rings is 1. The predicted molar refractivity (Wildman–Crippen MR) is 94.0 cm³/mol. The van der Waals surface area contributed by atoms with Gasteiger partial charge in [0.2, 0.25) is 0 Å². The first kappa shape index (κ1) is 16.2. The summed E-state index contributed by atoms with van der Waals surface area (Å²) in [4.78, 5) is 3.64. The predicted octanol–water partition coefficient (Wildman–Crippen LogP) is 4.79. The minimum atomic E-state index is 0.0673. The van der Waals surface area contributed by atoms with Crippen molar-refractivity contribution in [3.63, 3.8) is 0 Å². The molecule has 1 aromatic carbocycles. The molecule has 0 bridgehead atoms. The molecule has 2 aromatic rings. The van der Waals surface area contributed by atoms with E-state index in [1.54, 1.807) is 11.3 Å². The van der Waals surface area contributed by atoms with Gasteiger partial charge in [-0.25, -0.2) is 0 Å². The first-order chi connectivity index (χ1) is 9.47. The van der Waals surface area contributed by atoms with Crippen LogP contribution in [0.4, 0.5) is 0 Å². The number of nitrogens with two attached hydrogens (primary N) is 1. The molecule has 2 N–H and O–H groups in total. The average molecular weight is 418 g/mol. The molecule has 0 amide bonds. The van der Waals surface area contributed by atoms with Crippen LogP contribution in [-0.4, -0.2) is 18.0 Å². The Morgan fingerprint density at radius 3 is 2.55 bits per heavy atom. The molecule has 0 radical (unpaired) electrons. The summed E-state index contributed by atoms with van der Waals surface area (Å²) >= 11 is 8.81. The molecule has 20 heavy (non-hydrogen) atoms. The summed E-state index contributed by atoms with van der Waals surface area (Å²) in [6, 6.07) is 10.8. The highest BCUT2D eigenvalue weighted by Crippen LogP contribution is 2.28. The van der Waals surface area contributed by atoms with Crippen molar-refractivity contribution in [2.75, 3.05) is 7.05 Å². The number of nitrogens with zero attached hydrogens (tertiary/aromatic N) is 1. The lowest BCUT2D eigenvalue weighted by molar-refractivity contribution is 0.212.